The molecule has 27 heavy (non-hydrogen) atoms. The lowest BCUT2D eigenvalue weighted by molar-refractivity contribution is -0.125. The molecule has 142 valence electrons. The molecule has 2 atom stereocenters. The fourth-order valence-electron chi connectivity index (χ4n) is 4.49. The zero-order valence-electron chi connectivity index (χ0n) is 15.4. The number of hydrogen-bond acceptors (Lipinski definition) is 3. The average Bonchev–Trinajstić information content (AvgIpc) is 3.31. The van der Waals surface area contributed by atoms with E-state index in [0.29, 0.717) is 18.5 Å². The van der Waals surface area contributed by atoms with E-state index in [2.05, 4.69) is 27.4 Å². The van der Waals surface area contributed by atoms with Crippen LogP contribution in [0.5, 0.6) is 0 Å². The first-order valence-electron chi connectivity index (χ1n) is 9.55. The third-order valence-electron chi connectivity index (χ3n) is 5.80. The van der Waals surface area contributed by atoms with Crippen LogP contribution < -0.4 is 16.0 Å². The van der Waals surface area contributed by atoms with Crippen LogP contribution in [0.2, 0.25) is 0 Å². The fourth-order valence-corrected chi connectivity index (χ4v) is 4.49. The van der Waals surface area contributed by atoms with Gasteiger partial charge in [-0.25, -0.2) is 4.79 Å². The highest BCUT2D eigenvalue weighted by Crippen LogP contribution is 2.37. The monoisotopic (exact) mass is 368 g/mol. The number of nitrogens with zero attached hydrogens (tertiary/aromatic N) is 1. The van der Waals surface area contributed by atoms with Crippen LogP contribution in [0, 0.1) is 5.92 Å². The highest BCUT2D eigenvalue weighted by atomic mass is 16.2. The number of urea groups is 1. The summed E-state index contributed by atoms with van der Waals surface area (Å²) in [6.45, 7) is 3.32. The van der Waals surface area contributed by atoms with Gasteiger partial charge in [0.05, 0.1) is 5.56 Å². The molecule has 2 fully saturated rings. The predicted octanol–water partition coefficient (Wildman–Crippen LogP) is 2.16. The minimum absolute atomic E-state index is 0.100. The number of fused-ring (bicyclic) bond motifs is 1. The molecular formula is C20H24N4O3. The maximum atomic E-state index is 12.9. The number of para-hydroxylation sites is 1. The van der Waals surface area contributed by atoms with Crippen LogP contribution in [0.15, 0.2) is 30.5 Å². The molecular weight excluding hydrogens is 344 g/mol. The smallest absolute Gasteiger partial charge is 0.322 e. The van der Waals surface area contributed by atoms with E-state index in [1.807, 2.05) is 30.5 Å². The Morgan fingerprint density at radius 2 is 2.15 bits per heavy atom. The first-order chi connectivity index (χ1) is 13.0. The van der Waals surface area contributed by atoms with Crippen LogP contribution in [0.4, 0.5) is 4.79 Å². The summed E-state index contributed by atoms with van der Waals surface area (Å²) < 4.78 is 2.10. The van der Waals surface area contributed by atoms with Crippen molar-refractivity contribution < 1.29 is 14.4 Å². The largest absolute Gasteiger partial charge is 0.352 e. The molecule has 0 unspecified atom stereocenters. The van der Waals surface area contributed by atoms with Crippen molar-refractivity contribution >= 4 is 28.7 Å². The average molecular weight is 368 g/mol. The van der Waals surface area contributed by atoms with Gasteiger partial charge in [0.2, 0.25) is 0 Å². The molecule has 2 heterocycles. The van der Waals surface area contributed by atoms with E-state index in [0.717, 1.165) is 36.7 Å². The number of nitrogens with one attached hydrogen (secondary N) is 3. The molecule has 7 heteroatoms. The molecule has 7 nitrogen and oxygen atoms in total. The van der Waals surface area contributed by atoms with Crippen LogP contribution in [-0.2, 0) is 11.3 Å². The number of benzene rings is 1. The van der Waals surface area contributed by atoms with Crippen molar-refractivity contribution in [1.82, 2.24) is 20.5 Å². The molecule has 0 bridgehead atoms. The molecule has 1 aliphatic heterocycles. The molecule has 4 rings (SSSR count). The third-order valence-corrected chi connectivity index (χ3v) is 5.80. The Morgan fingerprint density at radius 1 is 1.33 bits per heavy atom. The van der Waals surface area contributed by atoms with Gasteiger partial charge in [-0.1, -0.05) is 31.5 Å². The van der Waals surface area contributed by atoms with Crippen molar-refractivity contribution in [1.29, 1.82) is 0 Å². The van der Waals surface area contributed by atoms with Gasteiger partial charge in [-0.15, -0.1) is 0 Å². The lowest BCUT2D eigenvalue weighted by atomic mass is 9.87. The summed E-state index contributed by atoms with van der Waals surface area (Å²) in [6, 6.07) is 7.44. The number of imide groups is 1. The summed E-state index contributed by atoms with van der Waals surface area (Å²) in [5.74, 6) is -0.520. The molecule has 4 amide bonds. The zero-order valence-corrected chi connectivity index (χ0v) is 15.4. The summed E-state index contributed by atoms with van der Waals surface area (Å²) >= 11 is 0. The number of amides is 4. The van der Waals surface area contributed by atoms with E-state index in [1.165, 1.54) is 0 Å². The number of hydrogen-bond donors (Lipinski definition) is 3. The lowest BCUT2D eigenvalue weighted by Crippen LogP contribution is -2.53. The van der Waals surface area contributed by atoms with Crippen LogP contribution in [-0.4, -0.2) is 34.5 Å². The molecule has 0 radical (unpaired) electrons. The molecule has 1 aliphatic carbocycles. The van der Waals surface area contributed by atoms with Crippen LogP contribution in [0.25, 0.3) is 10.9 Å². The second-order valence-corrected chi connectivity index (χ2v) is 7.43. The van der Waals surface area contributed by atoms with Gasteiger partial charge in [0.15, 0.2) is 0 Å². The summed E-state index contributed by atoms with van der Waals surface area (Å²) in [7, 11) is 0. The maximum absolute atomic E-state index is 12.9. The first kappa shape index (κ1) is 17.6. The van der Waals surface area contributed by atoms with E-state index in [4.69, 9.17) is 0 Å². The SMILES string of the molecule is CCCn1cc(C(=O)NC[C@@H]2CCC[C@@]23NC(=O)NC3=O)c2ccccc21. The molecule has 1 aromatic heterocycles. The Labute approximate surface area is 157 Å². The fraction of sp³-hybridized carbons (Fsp3) is 0.450. The normalized spacial score (nSPS) is 24.4. The number of carbonyl (C=O) groups excluding carboxylic acids is 3. The Bertz CT molecular complexity index is 919. The van der Waals surface area contributed by atoms with Crippen molar-refractivity contribution in [2.75, 3.05) is 6.54 Å². The summed E-state index contributed by atoms with van der Waals surface area (Å²) in [5, 5.41) is 9.04. The number of rotatable bonds is 5. The van der Waals surface area contributed by atoms with Crippen LogP contribution >= 0.6 is 0 Å². The Hall–Kier alpha value is -2.83. The molecule has 1 aromatic carbocycles. The number of aryl methyl sites for hydroxylation is 1. The Kier molecular flexibility index (Phi) is 4.37. The van der Waals surface area contributed by atoms with Gasteiger partial charge in [-0.2, -0.15) is 0 Å². The van der Waals surface area contributed by atoms with Crippen LogP contribution in [0.3, 0.4) is 0 Å². The van der Waals surface area contributed by atoms with E-state index in [1.54, 1.807) is 0 Å². The Morgan fingerprint density at radius 3 is 2.89 bits per heavy atom. The topological polar surface area (TPSA) is 92.2 Å². The predicted molar refractivity (Wildman–Crippen MR) is 101 cm³/mol. The van der Waals surface area contributed by atoms with E-state index < -0.39 is 11.6 Å². The van der Waals surface area contributed by atoms with Crippen molar-refractivity contribution in [2.24, 2.45) is 5.92 Å². The van der Waals surface area contributed by atoms with Crippen molar-refractivity contribution in [3.05, 3.63) is 36.0 Å². The second kappa shape index (κ2) is 6.72. The van der Waals surface area contributed by atoms with Gasteiger partial charge in [-0.3, -0.25) is 14.9 Å². The van der Waals surface area contributed by atoms with Crippen molar-refractivity contribution in [3.8, 4) is 0 Å². The van der Waals surface area contributed by atoms with E-state index in [-0.39, 0.29) is 17.7 Å². The second-order valence-electron chi connectivity index (χ2n) is 7.43. The quantitative estimate of drug-likeness (QED) is 0.706. The highest BCUT2D eigenvalue weighted by Gasteiger charge is 2.54. The number of aromatic nitrogens is 1. The third kappa shape index (κ3) is 2.87. The van der Waals surface area contributed by atoms with Gasteiger partial charge < -0.3 is 15.2 Å². The van der Waals surface area contributed by atoms with Gasteiger partial charge in [0.1, 0.15) is 5.54 Å². The standard InChI is InChI=1S/C20H24N4O3/c1-2-10-24-12-15(14-7-3-4-8-16(14)24)17(25)21-11-13-6-5-9-20(13)18(26)22-19(27)23-20/h3-4,7-8,12-13H,2,5-6,9-11H2,1H3,(H,21,25)(H2,22,23,26,27)/t13-,20+/m0/s1. The van der Waals surface area contributed by atoms with Gasteiger partial charge in [0.25, 0.3) is 11.8 Å². The van der Waals surface area contributed by atoms with E-state index >= 15 is 0 Å². The summed E-state index contributed by atoms with van der Waals surface area (Å²) in [4.78, 5) is 36.7. The molecule has 1 spiro atoms. The molecule has 2 aliphatic rings. The first-order valence-corrected chi connectivity index (χ1v) is 9.55. The summed E-state index contributed by atoms with van der Waals surface area (Å²) in [6.07, 6.45) is 5.15. The molecule has 1 saturated carbocycles. The lowest BCUT2D eigenvalue weighted by Gasteiger charge is -2.28. The van der Waals surface area contributed by atoms with Gasteiger partial charge >= 0.3 is 6.03 Å². The minimum atomic E-state index is -0.874. The van der Waals surface area contributed by atoms with Gasteiger partial charge in [-0.05, 0) is 25.3 Å². The summed E-state index contributed by atoms with van der Waals surface area (Å²) in [5.41, 5.74) is 0.816. The molecule has 3 N–H and O–H groups in total. The van der Waals surface area contributed by atoms with Crippen molar-refractivity contribution in [2.45, 2.75) is 44.7 Å². The number of carbonyl (C=O) groups is 3. The van der Waals surface area contributed by atoms with Gasteiger partial charge in [0, 0.05) is 36.1 Å². The van der Waals surface area contributed by atoms with Crippen molar-refractivity contribution in [3.63, 3.8) is 0 Å². The Balaban J connectivity index is 1.53. The van der Waals surface area contributed by atoms with E-state index in [9.17, 15) is 14.4 Å². The maximum Gasteiger partial charge on any atom is 0.322 e. The molecule has 1 saturated heterocycles. The van der Waals surface area contributed by atoms with Crippen LogP contribution in [0.1, 0.15) is 43.0 Å². The highest BCUT2D eigenvalue weighted by molar-refractivity contribution is 6.08. The minimum Gasteiger partial charge on any atom is -0.352 e. The zero-order chi connectivity index (χ0) is 19.0. The molecule has 2 aromatic rings.